The topological polar surface area (TPSA) is 95.6 Å². The summed E-state index contributed by atoms with van der Waals surface area (Å²) < 4.78 is 0. The first-order chi connectivity index (χ1) is 12.6. The number of nitrogens with zero attached hydrogens (tertiary/aromatic N) is 3. The van der Waals surface area contributed by atoms with Gasteiger partial charge in [-0.1, -0.05) is 17.3 Å². The van der Waals surface area contributed by atoms with Gasteiger partial charge in [0.05, 0.1) is 12.1 Å². The van der Waals surface area contributed by atoms with Crippen LogP contribution >= 0.6 is 23.1 Å². The molecule has 0 spiro atoms. The highest BCUT2D eigenvalue weighted by Gasteiger charge is 2.18. The molecule has 0 atom stereocenters. The summed E-state index contributed by atoms with van der Waals surface area (Å²) in [4.78, 5) is 21.5. The van der Waals surface area contributed by atoms with E-state index in [1.54, 1.807) is 23.2 Å². The Morgan fingerprint density at radius 1 is 1.38 bits per heavy atom. The van der Waals surface area contributed by atoms with E-state index in [0.717, 1.165) is 11.3 Å². The van der Waals surface area contributed by atoms with Crippen molar-refractivity contribution in [2.75, 3.05) is 13.4 Å². The number of hydrazone groups is 1. The number of hydrogen-bond acceptors (Lipinski definition) is 7. The maximum Gasteiger partial charge on any atom is 0.358 e. The summed E-state index contributed by atoms with van der Waals surface area (Å²) in [5.41, 5.74) is 5.20. The second kappa shape index (κ2) is 8.15. The molecular formula is C17H16N4O3S2. The first kappa shape index (κ1) is 18.2. The third-order valence-corrected chi connectivity index (χ3v) is 5.13. The predicted octanol–water partition coefficient (Wildman–Crippen LogP) is 3.33. The van der Waals surface area contributed by atoms with Crippen molar-refractivity contribution in [1.82, 2.24) is 5.43 Å². The van der Waals surface area contributed by atoms with Gasteiger partial charge in [0.2, 0.25) is 0 Å². The monoisotopic (exact) mass is 388 g/mol. The SMILES string of the molecule is CO/N=C(\C(=O)O)c1csc(/N=C2/CC(c3ccc(SC)cc3)=NN2)c1. The van der Waals surface area contributed by atoms with Gasteiger partial charge in [-0.3, -0.25) is 5.43 Å². The molecule has 0 amide bonds. The Hall–Kier alpha value is -2.65. The summed E-state index contributed by atoms with van der Waals surface area (Å²) in [6.07, 6.45) is 2.63. The number of aliphatic carboxylic acids is 1. The molecule has 3 rings (SSSR count). The van der Waals surface area contributed by atoms with Gasteiger partial charge >= 0.3 is 5.97 Å². The number of rotatable bonds is 6. The highest BCUT2D eigenvalue weighted by Crippen LogP contribution is 2.26. The van der Waals surface area contributed by atoms with Crippen molar-refractivity contribution in [3.05, 3.63) is 46.8 Å². The summed E-state index contributed by atoms with van der Waals surface area (Å²) in [6, 6.07) is 9.87. The molecular weight excluding hydrogens is 372 g/mol. The predicted molar refractivity (Wildman–Crippen MR) is 105 cm³/mol. The van der Waals surface area contributed by atoms with Gasteiger partial charge in [-0.2, -0.15) is 5.10 Å². The summed E-state index contributed by atoms with van der Waals surface area (Å²) in [5, 5.41) is 19.4. The van der Waals surface area contributed by atoms with Gasteiger partial charge < -0.3 is 9.94 Å². The van der Waals surface area contributed by atoms with Crippen molar-refractivity contribution in [2.45, 2.75) is 11.3 Å². The lowest BCUT2D eigenvalue weighted by Gasteiger charge is -2.00. The molecule has 1 aliphatic rings. The van der Waals surface area contributed by atoms with E-state index in [1.807, 2.05) is 18.4 Å². The minimum absolute atomic E-state index is 0.152. The molecule has 0 saturated heterocycles. The molecule has 0 fully saturated rings. The summed E-state index contributed by atoms with van der Waals surface area (Å²) in [5.74, 6) is -0.440. The zero-order valence-electron chi connectivity index (χ0n) is 14.1. The molecule has 1 aliphatic heterocycles. The van der Waals surface area contributed by atoms with Gasteiger partial charge in [-0.05, 0) is 30.0 Å². The Balaban J connectivity index is 1.72. The lowest BCUT2D eigenvalue weighted by Crippen LogP contribution is -2.13. The van der Waals surface area contributed by atoms with Crippen LogP contribution in [0.1, 0.15) is 17.5 Å². The third-order valence-electron chi connectivity index (χ3n) is 3.57. The number of hydrogen-bond donors (Lipinski definition) is 2. The lowest BCUT2D eigenvalue weighted by molar-refractivity contribution is -0.129. The van der Waals surface area contributed by atoms with Crippen molar-refractivity contribution >= 4 is 51.3 Å². The Kier molecular flexibility index (Phi) is 5.69. The number of benzene rings is 1. The van der Waals surface area contributed by atoms with E-state index in [2.05, 4.69) is 37.6 Å². The molecule has 134 valence electrons. The van der Waals surface area contributed by atoms with Gasteiger partial charge in [0.15, 0.2) is 5.71 Å². The van der Waals surface area contributed by atoms with Crippen molar-refractivity contribution in [3.8, 4) is 0 Å². The van der Waals surface area contributed by atoms with E-state index >= 15 is 0 Å². The van der Waals surface area contributed by atoms with E-state index in [9.17, 15) is 9.90 Å². The lowest BCUT2D eigenvalue weighted by atomic mass is 10.1. The van der Waals surface area contributed by atoms with Crippen LogP contribution in [0.25, 0.3) is 0 Å². The number of aliphatic imine (C=N–C) groups is 1. The molecule has 26 heavy (non-hydrogen) atoms. The second-order valence-corrected chi connectivity index (χ2v) is 7.00. The van der Waals surface area contributed by atoms with E-state index < -0.39 is 5.97 Å². The molecule has 9 heteroatoms. The van der Waals surface area contributed by atoms with Gasteiger partial charge in [0.25, 0.3) is 0 Å². The molecule has 0 radical (unpaired) electrons. The average molecular weight is 388 g/mol. The number of thioether (sulfide) groups is 1. The second-order valence-electron chi connectivity index (χ2n) is 5.24. The van der Waals surface area contributed by atoms with Gasteiger partial charge in [-0.25, -0.2) is 9.79 Å². The molecule has 1 aromatic carbocycles. The van der Waals surface area contributed by atoms with Gasteiger partial charge in [-0.15, -0.1) is 23.1 Å². The Morgan fingerprint density at radius 2 is 2.15 bits per heavy atom. The molecule has 0 unspecified atom stereocenters. The van der Waals surface area contributed by atoms with E-state index in [4.69, 9.17) is 0 Å². The fourth-order valence-electron chi connectivity index (χ4n) is 2.33. The minimum Gasteiger partial charge on any atom is -0.476 e. The standard InChI is InChI=1S/C17H16N4O3S2/c1-24-21-16(17(22)23)11-7-15(26-9-11)18-14-8-13(19-20-14)10-3-5-12(25-2)6-4-10/h3-7,9H,8H2,1-2H3,(H,18,20)(H,22,23)/b21-16-. The molecule has 2 heterocycles. The van der Waals surface area contributed by atoms with Gasteiger partial charge in [0, 0.05) is 15.8 Å². The number of nitrogens with one attached hydrogen (secondary N) is 1. The fraction of sp³-hybridized carbons (Fsp3) is 0.176. The number of carboxylic acids is 1. The fourth-order valence-corrected chi connectivity index (χ4v) is 3.53. The van der Waals surface area contributed by atoms with E-state index in [1.165, 1.54) is 23.3 Å². The Labute approximate surface area is 158 Å². The van der Waals surface area contributed by atoms with Crippen molar-refractivity contribution in [2.24, 2.45) is 15.2 Å². The van der Waals surface area contributed by atoms with Crippen LogP contribution in [-0.4, -0.2) is 41.7 Å². The molecule has 2 N–H and O–H groups in total. The van der Waals surface area contributed by atoms with Crippen molar-refractivity contribution in [1.29, 1.82) is 0 Å². The number of carboxylic acid groups (broad SMARTS) is 1. The van der Waals surface area contributed by atoms with Crippen LogP contribution in [0.3, 0.4) is 0 Å². The third kappa shape index (κ3) is 4.12. The maximum absolute atomic E-state index is 11.2. The minimum atomic E-state index is -1.15. The van der Waals surface area contributed by atoms with Crippen LogP contribution in [0, 0.1) is 0 Å². The van der Waals surface area contributed by atoms with Crippen LogP contribution in [0.5, 0.6) is 0 Å². The molecule has 1 aromatic heterocycles. The van der Waals surface area contributed by atoms with Crippen LogP contribution in [0.15, 0.2) is 55.9 Å². The highest BCUT2D eigenvalue weighted by atomic mass is 32.2. The van der Waals surface area contributed by atoms with Crippen LogP contribution in [-0.2, 0) is 9.63 Å². The summed E-state index contributed by atoms with van der Waals surface area (Å²) in [6.45, 7) is 0. The molecule has 7 nitrogen and oxygen atoms in total. The first-order valence-corrected chi connectivity index (χ1v) is 9.69. The zero-order chi connectivity index (χ0) is 18.5. The molecule has 2 aromatic rings. The average Bonchev–Trinajstić information content (AvgIpc) is 3.29. The van der Waals surface area contributed by atoms with E-state index in [0.29, 0.717) is 22.8 Å². The smallest absolute Gasteiger partial charge is 0.358 e. The highest BCUT2D eigenvalue weighted by molar-refractivity contribution is 7.98. The summed E-state index contributed by atoms with van der Waals surface area (Å²) in [7, 11) is 1.31. The Morgan fingerprint density at radius 3 is 2.81 bits per heavy atom. The Bertz CT molecular complexity index is 901. The normalized spacial score (nSPS) is 15.7. The van der Waals surface area contributed by atoms with Crippen molar-refractivity contribution < 1.29 is 14.7 Å². The first-order valence-electron chi connectivity index (χ1n) is 7.58. The summed E-state index contributed by atoms with van der Waals surface area (Å²) >= 11 is 3.02. The largest absolute Gasteiger partial charge is 0.476 e. The number of amidine groups is 1. The maximum atomic E-state index is 11.2. The zero-order valence-corrected chi connectivity index (χ0v) is 15.7. The van der Waals surface area contributed by atoms with Crippen LogP contribution in [0.4, 0.5) is 5.00 Å². The van der Waals surface area contributed by atoms with Crippen LogP contribution < -0.4 is 5.43 Å². The molecule has 0 saturated carbocycles. The van der Waals surface area contributed by atoms with Crippen molar-refractivity contribution in [3.63, 3.8) is 0 Å². The quantitative estimate of drug-likeness (QED) is 0.450. The number of thiophene rings is 1. The van der Waals surface area contributed by atoms with Crippen LogP contribution in [0.2, 0.25) is 0 Å². The number of carbonyl (C=O) groups is 1. The number of oxime groups is 1. The van der Waals surface area contributed by atoms with Gasteiger partial charge in [0.1, 0.15) is 17.9 Å². The molecule has 0 bridgehead atoms. The molecule has 0 aliphatic carbocycles. The van der Waals surface area contributed by atoms with E-state index in [-0.39, 0.29) is 5.71 Å².